The number of piperazine rings is 1. The predicted molar refractivity (Wildman–Crippen MR) is 121 cm³/mol. The molecule has 2 bridgehead atoms. The van der Waals surface area contributed by atoms with Gasteiger partial charge in [0.2, 0.25) is 11.8 Å². The van der Waals surface area contributed by atoms with Crippen LogP contribution in [0.15, 0.2) is 18.2 Å². The van der Waals surface area contributed by atoms with E-state index in [4.69, 9.17) is 5.73 Å². The van der Waals surface area contributed by atoms with E-state index in [0.717, 1.165) is 43.2 Å². The SMILES string of the molecule is N#C[C@@H]1CC2C[C@@H]2N1C(=O)[C@@H](N)CN1C[C@H]2C[C@@H]1C(=O)N2[C@@H]1CCc2cc(NS(=O)[O-])ccc21. The van der Waals surface area contributed by atoms with Gasteiger partial charge < -0.3 is 24.8 Å². The van der Waals surface area contributed by atoms with Crippen molar-refractivity contribution in [3.05, 3.63) is 29.3 Å². The number of nitrogens with one attached hydrogen (secondary N) is 1. The van der Waals surface area contributed by atoms with Crippen LogP contribution >= 0.6 is 0 Å². The Kier molecular flexibility index (Phi) is 5.18. The molecule has 1 aromatic rings. The van der Waals surface area contributed by atoms with Crippen molar-refractivity contribution in [2.45, 2.75) is 68.4 Å². The highest BCUT2D eigenvalue weighted by Crippen LogP contribution is 2.48. The molecule has 180 valence electrons. The summed E-state index contributed by atoms with van der Waals surface area (Å²) in [5, 5.41) is 9.39. The lowest BCUT2D eigenvalue weighted by Gasteiger charge is -2.38. The van der Waals surface area contributed by atoms with E-state index in [0.29, 0.717) is 24.7 Å². The van der Waals surface area contributed by atoms with E-state index >= 15 is 0 Å². The largest absolute Gasteiger partial charge is 0.755 e. The fourth-order valence-corrected chi connectivity index (χ4v) is 7.07. The predicted octanol–water partition coefficient (Wildman–Crippen LogP) is 0.00528. The van der Waals surface area contributed by atoms with Crippen molar-refractivity contribution < 1.29 is 18.4 Å². The molecule has 5 aliphatic rings. The van der Waals surface area contributed by atoms with Crippen molar-refractivity contribution >= 4 is 28.8 Å². The van der Waals surface area contributed by atoms with Gasteiger partial charge in [-0.05, 0) is 61.3 Å². The number of rotatable bonds is 6. The van der Waals surface area contributed by atoms with E-state index in [2.05, 4.69) is 10.8 Å². The maximum absolute atomic E-state index is 13.4. The van der Waals surface area contributed by atoms with E-state index in [9.17, 15) is 23.6 Å². The number of nitrogens with zero attached hydrogens (tertiary/aromatic N) is 4. The lowest BCUT2D eigenvalue weighted by atomic mass is 10.0. The summed E-state index contributed by atoms with van der Waals surface area (Å²) in [4.78, 5) is 32.1. The standard InChI is InChI=1S/C23H28N6O4S/c24-9-15-6-13-7-20(13)28(15)22(30)18(25)11-27-10-16-8-21(27)23(31)29(16)19-4-1-12-5-14(26-34(32)33)2-3-17(12)19/h2-3,5,13,15-16,18-21,26H,1,4,6-8,10-11,25H2,(H,32,33)/p-1/t13?,15-,16+,18-,19+,20-,21+/m0/s1. The number of fused-ring (bicyclic) bond motifs is 4. The minimum absolute atomic E-state index is 0.00505. The fraction of sp³-hybridized carbons (Fsp3) is 0.609. The van der Waals surface area contributed by atoms with Crippen molar-refractivity contribution in [3.63, 3.8) is 0 Å². The number of nitrogens with two attached hydrogens (primary N) is 1. The first kappa shape index (κ1) is 22.0. The summed E-state index contributed by atoms with van der Waals surface area (Å²) in [6.07, 6.45) is 4.06. The topological polar surface area (TPSA) is 146 Å². The second-order valence-corrected chi connectivity index (χ2v) is 10.9. The lowest BCUT2D eigenvalue weighted by molar-refractivity contribution is -0.141. The maximum Gasteiger partial charge on any atom is 0.242 e. The number of aryl methyl sites for hydroxylation is 1. The minimum atomic E-state index is -2.37. The van der Waals surface area contributed by atoms with Crippen molar-refractivity contribution in [1.82, 2.24) is 14.7 Å². The monoisotopic (exact) mass is 483 g/mol. The van der Waals surface area contributed by atoms with Crippen LogP contribution in [-0.2, 0) is 27.3 Å². The van der Waals surface area contributed by atoms with Gasteiger partial charge in [0.1, 0.15) is 6.04 Å². The summed E-state index contributed by atoms with van der Waals surface area (Å²) in [6, 6.07) is 6.60. The Morgan fingerprint density at radius 3 is 2.88 bits per heavy atom. The van der Waals surface area contributed by atoms with E-state index in [1.165, 1.54) is 0 Å². The third kappa shape index (κ3) is 3.43. The number of amides is 2. The van der Waals surface area contributed by atoms with Gasteiger partial charge in [-0.1, -0.05) is 6.07 Å². The average molecular weight is 484 g/mol. The molecule has 3 aliphatic heterocycles. The van der Waals surface area contributed by atoms with Crippen molar-refractivity contribution in [2.75, 3.05) is 17.8 Å². The molecule has 1 saturated carbocycles. The van der Waals surface area contributed by atoms with Gasteiger partial charge in [-0.25, -0.2) is 0 Å². The minimum Gasteiger partial charge on any atom is -0.755 e. The number of piperidine rings is 1. The van der Waals surface area contributed by atoms with Gasteiger partial charge in [-0.15, -0.1) is 0 Å². The van der Waals surface area contributed by atoms with Gasteiger partial charge in [-0.3, -0.25) is 18.7 Å². The summed E-state index contributed by atoms with van der Waals surface area (Å²) in [5.41, 5.74) is 8.98. The molecule has 11 heteroatoms. The molecule has 6 rings (SSSR count). The highest BCUT2D eigenvalue weighted by Gasteiger charge is 2.56. The molecule has 8 atom stereocenters. The molecule has 2 aliphatic carbocycles. The molecule has 1 aromatic carbocycles. The van der Waals surface area contributed by atoms with Crippen molar-refractivity contribution in [1.29, 1.82) is 5.26 Å². The van der Waals surface area contributed by atoms with Crippen LogP contribution in [0, 0.1) is 17.2 Å². The van der Waals surface area contributed by atoms with Gasteiger partial charge in [0.15, 0.2) is 0 Å². The molecule has 3 heterocycles. The van der Waals surface area contributed by atoms with E-state index in [1.54, 1.807) is 11.0 Å². The molecule has 3 saturated heterocycles. The molecular formula is C23H27N6O4S-. The molecule has 0 radical (unpaired) electrons. The number of carbonyl (C=O) groups is 2. The Balaban J connectivity index is 1.11. The second-order valence-electron chi connectivity index (χ2n) is 10.2. The highest BCUT2D eigenvalue weighted by atomic mass is 32.2. The Hall–Kier alpha value is -2.52. The molecule has 0 spiro atoms. The number of likely N-dealkylation sites (tertiary alicyclic amines) is 3. The molecule has 3 N–H and O–H groups in total. The van der Waals surface area contributed by atoms with Gasteiger partial charge in [-0.2, -0.15) is 5.26 Å². The van der Waals surface area contributed by atoms with Gasteiger partial charge in [0, 0.05) is 42.1 Å². The number of hydrogen-bond acceptors (Lipinski definition) is 7. The summed E-state index contributed by atoms with van der Waals surface area (Å²) in [5.74, 6) is 0.356. The van der Waals surface area contributed by atoms with Crippen LogP contribution in [-0.4, -0.2) is 78.6 Å². The van der Waals surface area contributed by atoms with Crippen LogP contribution in [0.25, 0.3) is 0 Å². The first-order valence-corrected chi connectivity index (χ1v) is 13.0. The van der Waals surface area contributed by atoms with E-state index < -0.39 is 17.3 Å². The van der Waals surface area contributed by atoms with Gasteiger partial charge in [0.05, 0.1) is 24.2 Å². The molecule has 34 heavy (non-hydrogen) atoms. The number of nitriles is 1. The summed E-state index contributed by atoms with van der Waals surface area (Å²) in [6.45, 7) is 1.01. The normalized spacial score (nSPS) is 35.1. The zero-order valence-corrected chi connectivity index (χ0v) is 19.4. The Morgan fingerprint density at radius 1 is 1.32 bits per heavy atom. The smallest absolute Gasteiger partial charge is 0.242 e. The molecule has 10 nitrogen and oxygen atoms in total. The molecular weight excluding hydrogens is 456 g/mol. The Labute approximate surface area is 200 Å². The molecule has 2 amide bonds. The molecule has 2 unspecified atom stereocenters. The first-order valence-electron chi connectivity index (χ1n) is 11.9. The lowest BCUT2D eigenvalue weighted by Crippen LogP contribution is -2.57. The van der Waals surface area contributed by atoms with Gasteiger partial charge >= 0.3 is 0 Å². The fourth-order valence-electron chi connectivity index (χ4n) is 6.75. The Morgan fingerprint density at radius 2 is 2.15 bits per heavy atom. The van der Waals surface area contributed by atoms with E-state index in [-0.39, 0.29) is 42.0 Å². The van der Waals surface area contributed by atoms with Crippen molar-refractivity contribution in [3.8, 4) is 6.07 Å². The zero-order chi connectivity index (χ0) is 23.7. The van der Waals surface area contributed by atoms with Gasteiger partial charge in [0.25, 0.3) is 0 Å². The van der Waals surface area contributed by atoms with Crippen LogP contribution in [0.3, 0.4) is 0 Å². The third-order valence-electron chi connectivity index (χ3n) is 8.30. The first-order chi connectivity index (χ1) is 16.4. The van der Waals surface area contributed by atoms with Crippen LogP contribution in [0.5, 0.6) is 0 Å². The molecule has 4 fully saturated rings. The van der Waals surface area contributed by atoms with E-state index in [1.807, 2.05) is 21.9 Å². The van der Waals surface area contributed by atoms with Crippen LogP contribution < -0.4 is 10.5 Å². The van der Waals surface area contributed by atoms with Crippen molar-refractivity contribution in [2.24, 2.45) is 11.7 Å². The number of anilines is 1. The van der Waals surface area contributed by atoms with Crippen LogP contribution in [0.1, 0.15) is 42.9 Å². The summed E-state index contributed by atoms with van der Waals surface area (Å²) >= 11 is -2.37. The second kappa shape index (κ2) is 8.02. The van der Waals surface area contributed by atoms with Crippen LogP contribution in [0.4, 0.5) is 5.69 Å². The maximum atomic E-state index is 13.4. The quantitative estimate of drug-likeness (QED) is 0.542. The molecule has 0 aromatic heterocycles. The number of hydrogen-bond donors (Lipinski definition) is 2. The van der Waals surface area contributed by atoms with Crippen LogP contribution in [0.2, 0.25) is 0 Å². The highest BCUT2D eigenvalue weighted by molar-refractivity contribution is 7.80. The Bertz CT molecular complexity index is 1120. The number of carbonyl (C=O) groups excluding carboxylic acids is 2. The summed E-state index contributed by atoms with van der Waals surface area (Å²) in [7, 11) is 0. The average Bonchev–Trinajstić information content (AvgIpc) is 3.14. The number of benzene rings is 1. The third-order valence-corrected chi connectivity index (χ3v) is 8.70. The summed E-state index contributed by atoms with van der Waals surface area (Å²) < 4.78 is 24.2. The zero-order valence-electron chi connectivity index (χ0n) is 18.6.